The van der Waals surface area contributed by atoms with Crippen molar-refractivity contribution in [2.45, 2.75) is 12.8 Å². The molecule has 1 aromatic heterocycles. The minimum absolute atomic E-state index is 0.0733. The number of nitrogens with zero attached hydrogens (tertiary/aromatic N) is 1. The number of amides is 2. The van der Waals surface area contributed by atoms with Gasteiger partial charge in [0, 0.05) is 23.9 Å². The molecule has 0 fully saturated rings. The van der Waals surface area contributed by atoms with Crippen LogP contribution in [0.4, 0.5) is 14.3 Å². The van der Waals surface area contributed by atoms with Crippen LogP contribution in [0, 0.1) is 5.82 Å². The number of urea groups is 1. The molecule has 2 N–H and O–H groups in total. The maximum Gasteiger partial charge on any atom is 0.320 e. The van der Waals surface area contributed by atoms with Gasteiger partial charge in [0.15, 0.2) is 5.13 Å². The maximum atomic E-state index is 14.6. The third-order valence-corrected chi connectivity index (χ3v) is 4.77. The molecule has 1 unspecified atom stereocenters. The van der Waals surface area contributed by atoms with Crippen molar-refractivity contribution >= 4 is 22.5 Å². The lowest BCUT2D eigenvalue weighted by atomic mass is 9.95. The smallest absolute Gasteiger partial charge is 0.320 e. The second-order valence-corrected chi connectivity index (χ2v) is 6.47. The predicted molar refractivity (Wildman–Crippen MR) is 99.5 cm³/mol. The molecule has 0 radical (unpaired) electrons. The summed E-state index contributed by atoms with van der Waals surface area (Å²) in [6, 6.07) is 14.4. The summed E-state index contributed by atoms with van der Waals surface area (Å²) >= 11 is 1.34. The summed E-state index contributed by atoms with van der Waals surface area (Å²) in [4.78, 5) is 15.8. The van der Waals surface area contributed by atoms with E-state index in [2.05, 4.69) is 15.6 Å². The average molecular weight is 355 g/mol. The Labute approximate surface area is 149 Å². The summed E-state index contributed by atoms with van der Waals surface area (Å²) in [5.41, 5.74) is 3.07. The minimum atomic E-state index is -0.313. The monoisotopic (exact) mass is 355 g/mol. The zero-order valence-electron chi connectivity index (χ0n) is 13.9. The number of anilines is 1. The Balaban J connectivity index is 1.82. The van der Waals surface area contributed by atoms with E-state index in [-0.39, 0.29) is 17.8 Å². The topological polar surface area (TPSA) is 54.0 Å². The highest BCUT2D eigenvalue weighted by Gasteiger charge is 2.15. The molecule has 3 aromatic rings. The van der Waals surface area contributed by atoms with Gasteiger partial charge < -0.3 is 5.32 Å². The number of nitrogens with one attached hydrogen (secondary N) is 2. The van der Waals surface area contributed by atoms with Crippen molar-refractivity contribution in [3.05, 3.63) is 71.0 Å². The Hall–Kier alpha value is -2.73. The van der Waals surface area contributed by atoms with Gasteiger partial charge in [0.1, 0.15) is 5.82 Å². The first-order chi connectivity index (χ1) is 12.1. The molecular weight excluding hydrogens is 337 g/mol. The Morgan fingerprint density at radius 3 is 2.64 bits per heavy atom. The molecular formula is C19H18FN3OS. The van der Waals surface area contributed by atoms with Crippen molar-refractivity contribution in [3.8, 4) is 11.1 Å². The Morgan fingerprint density at radius 2 is 1.96 bits per heavy atom. The van der Waals surface area contributed by atoms with Gasteiger partial charge in [0.25, 0.3) is 0 Å². The Bertz CT molecular complexity index is 879. The normalized spacial score (nSPS) is 11.8. The number of hydrogen-bond donors (Lipinski definition) is 2. The first-order valence-electron chi connectivity index (χ1n) is 7.87. The molecule has 3 rings (SSSR count). The van der Waals surface area contributed by atoms with Crippen LogP contribution in [0.5, 0.6) is 0 Å². The fourth-order valence-corrected chi connectivity index (χ4v) is 3.32. The van der Waals surface area contributed by atoms with Crippen molar-refractivity contribution in [1.82, 2.24) is 10.3 Å². The van der Waals surface area contributed by atoms with Crippen LogP contribution in [0.15, 0.2) is 53.9 Å². The van der Waals surface area contributed by atoms with E-state index in [1.807, 2.05) is 48.7 Å². The summed E-state index contributed by atoms with van der Waals surface area (Å²) in [6.07, 6.45) is 0. The quantitative estimate of drug-likeness (QED) is 0.703. The van der Waals surface area contributed by atoms with Crippen LogP contribution in [0.2, 0.25) is 0 Å². The molecule has 0 aliphatic carbocycles. The van der Waals surface area contributed by atoms with Gasteiger partial charge in [-0.25, -0.2) is 14.2 Å². The lowest BCUT2D eigenvalue weighted by Crippen LogP contribution is -2.24. The second-order valence-electron chi connectivity index (χ2n) is 5.61. The fourth-order valence-electron chi connectivity index (χ4n) is 2.53. The fraction of sp³-hybridized carbons (Fsp3) is 0.158. The van der Waals surface area contributed by atoms with Gasteiger partial charge >= 0.3 is 6.03 Å². The zero-order chi connectivity index (χ0) is 17.8. The lowest BCUT2D eigenvalue weighted by Gasteiger charge is -2.11. The van der Waals surface area contributed by atoms with Crippen LogP contribution in [-0.4, -0.2) is 18.1 Å². The summed E-state index contributed by atoms with van der Waals surface area (Å²) in [6.45, 7) is 1.97. The van der Waals surface area contributed by atoms with Gasteiger partial charge in [-0.3, -0.25) is 5.32 Å². The number of benzene rings is 2. The van der Waals surface area contributed by atoms with Gasteiger partial charge in [-0.2, -0.15) is 0 Å². The zero-order valence-corrected chi connectivity index (χ0v) is 14.7. The van der Waals surface area contributed by atoms with E-state index in [1.54, 1.807) is 19.2 Å². The first-order valence-corrected chi connectivity index (χ1v) is 8.75. The molecule has 128 valence electrons. The van der Waals surface area contributed by atoms with Gasteiger partial charge in [0.2, 0.25) is 0 Å². The number of hydrogen-bond acceptors (Lipinski definition) is 3. The molecule has 0 saturated heterocycles. The molecule has 0 aliphatic rings. The summed E-state index contributed by atoms with van der Waals surface area (Å²) in [5, 5.41) is 7.51. The molecule has 2 amide bonds. The first kappa shape index (κ1) is 17.1. The third-order valence-electron chi connectivity index (χ3n) is 3.99. The van der Waals surface area contributed by atoms with Crippen molar-refractivity contribution < 1.29 is 9.18 Å². The van der Waals surface area contributed by atoms with E-state index < -0.39 is 0 Å². The number of carbonyl (C=O) groups excluding carboxylic acids is 1. The van der Waals surface area contributed by atoms with Crippen molar-refractivity contribution in [2.75, 3.05) is 12.4 Å². The van der Waals surface area contributed by atoms with Gasteiger partial charge in [-0.1, -0.05) is 49.4 Å². The van der Waals surface area contributed by atoms with E-state index in [0.717, 1.165) is 16.8 Å². The number of rotatable bonds is 4. The largest absolute Gasteiger partial charge is 0.341 e. The maximum absolute atomic E-state index is 14.6. The second kappa shape index (κ2) is 7.44. The molecule has 0 spiro atoms. The highest BCUT2D eigenvalue weighted by Crippen LogP contribution is 2.30. The van der Waals surface area contributed by atoms with Crippen molar-refractivity contribution in [3.63, 3.8) is 0 Å². The van der Waals surface area contributed by atoms with E-state index in [9.17, 15) is 9.18 Å². The molecule has 2 aromatic carbocycles. The van der Waals surface area contributed by atoms with Crippen LogP contribution in [-0.2, 0) is 0 Å². The van der Waals surface area contributed by atoms with Crippen LogP contribution in [0.3, 0.4) is 0 Å². The Morgan fingerprint density at radius 1 is 1.20 bits per heavy atom. The summed E-state index contributed by atoms with van der Waals surface area (Å²) in [5.74, 6) is -0.328. The Kier molecular flexibility index (Phi) is 5.09. The predicted octanol–water partition coefficient (Wildman–Crippen LogP) is 4.85. The molecule has 1 heterocycles. The molecule has 0 aliphatic heterocycles. The molecule has 0 bridgehead atoms. The van der Waals surface area contributed by atoms with E-state index in [0.29, 0.717) is 10.7 Å². The van der Waals surface area contributed by atoms with Crippen molar-refractivity contribution in [2.24, 2.45) is 0 Å². The average Bonchev–Trinajstić information content (AvgIpc) is 3.10. The SMILES string of the molecule is CNC(=O)Nc1nc(C(C)c2ccc(-c3ccccc3)c(F)c2)cs1. The summed E-state index contributed by atoms with van der Waals surface area (Å²) < 4.78 is 14.6. The number of halogens is 1. The minimum Gasteiger partial charge on any atom is -0.341 e. The van der Waals surface area contributed by atoms with Crippen molar-refractivity contribution in [1.29, 1.82) is 0 Å². The van der Waals surface area contributed by atoms with Crippen LogP contribution in [0.1, 0.15) is 24.1 Å². The standard InChI is InChI=1S/C19H18FN3OS/c1-12(17-11-25-19(22-17)23-18(24)21-2)14-8-9-15(16(20)10-14)13-6-4-3-5-7-13/h3-12H,1-2H3,(H2,21,22,23,24). The third kappa shape index (κ3) is 3.85. The van der Waals surface area contributed by atoms with Gasteiger partial charge in [-0.15, -0.1) is 11.3 Å². The molecule has 6 heteroatoms. The highest BCUT2D eigenvalue weighted by molar-refractivity contribution is 7.13. The molecule has 1 atom stereocenters. The number of carbonyl (C=O) groups is 1. The van der Waals surface area contributed by atoms with Crippen LogP contribution >= 0.6 is 11.3 Å². The van der Waals surface area contributed by atoms with Gasteiger partial charge in [-0.05, 0) is 17.2 Å². The lowest BCUT2D eigenvalue weighted by molar-refractivity contribution is 0.254. The molecule has 0 saturated carbocycles. The summed E-state index contributed by atoms with van der Waals surface area (Å²) in [7, 11) is 1.55. The van der Waals surface area contributed by atoms with E-state index in [4.69, 9.17) is 0 Å². The van der Waals surface area contributed by atoms with Crippen LogP contribution < -0.4 is 10.6 Å². The highest BCUT2D eigenvalue weighted by atomic mass is 32.1. The molecule has 25 heavy (non-hydrogen) atoms. The van der Waals surface area contributed by atoms with Gasteiger partial charge in [0.05, 0.1) is 5.69 Å². The van der Waals surface area contributed by atoms with E-state index in [1.165, 1.54) is 11.3 Å². The van der Waals surface area contributed by atoms with Crippen LogP contribution in [0.25, 0.3) is 11.1 Å². The molecule has 4 nitrogen and oxygen atoms in total. The number of thiazole rings is 1. The van der Waals surface area contributed by atoms with E-state index >= 15 is 0 Å². The number of aromatic nitrogens is 1.